The van der Waals surface area contributed by atoms with Gasteiger partial charge in [0.05, 0.1) is 30.8 Å². The van der Waals surface area contributed by atoms with Gasteiger partial charge in [0.25, 0.3) is 0 Å². The quantitative estimate of drug-likeness (QED) is 0.665. The van der Waals surface area contributed by atoms with Gasteiger partial charge in [-0.2, -0.15) is 5.10 Å². The van der Waals surface area contributed by atoms with Gasteiger partial charge in [-0.3, -0.25) is 19.8 Å². The smallest absolute Gasteiger partial charge is 0.234 e. The number of likely N-dealkylation sites (N-methyl/N-ethyl adjacent to an activating group) is 1. The molecule has 2 aromatic heterocycles. The van der Waals surface area contributed by atoms with Gasteiger partial charge in [0.15, 0.2) is 9.84 Å². The molecular formula is C14H19N7O3S. The fraction of sp³-hybridized carbons (Fsp3) is 0.500. The van der Waals surface area contributed by atoms with Gasteiger partial charge < -0.3 is 5.32 Å². The molecule has 1 amide bonds. The molecule has 0 spiro atoms. The Morgan fingerprint density at radius 1 is 1.44 bits per heavy atom. The van der Waals surface area contributed by atoms with Crippen LogP contribution in [0.3, 0.4) is 0 Å². The van der Waals surface area contributed by atoms with Crippen LogP contribution < -0.4 is 5.32 Å². The molecule has 3 rings (SSSR count). The van der Waals surface area contributed by atoms with Crippen molar-refractivity contribution in [2.24, 2.45) is 0 Å². The average Bonchev–Trinajstić information content (AvgIpc) is 3.20. The van der Waals surface area contributed by atoms with Crippen LogP contribution >= 0.6 is 0 Å². The minimum atomic E-state index is -2.96. The molecule has 0 aliphatic carbocycles. The number of carbonyl (C=O) groups excluding carboxylic acids is 1. The van der Waals surface area contributed by atoms with Gasteiger partial charge in [0, 0.05) is 18.4 Å². The summed E-state index contributed by atoms with van der Waals surface area (Å²) in [5.74, 6) is 1.00. The molecular weight excluding hydrogens is 346 g/mol. The summed E-state index contributed by atoms with van der Waals surface area (Å²) in [6.07, 6.45) is 5.22. The van der Waals surface area contributed by atoms with Crippen LogP contribution in [0.5, 0.6) is 0 Å². The Hall–Kier alpha value is -2.40. The summed E-state index contributed by atoms with van der Waals surface area (Å²) in [7, 11) is -1.21. The van der Waals surface area contributed by atoms with E-state index >= 15 is 0 Å². The summed E-state index contributed by atoms with van der Waals surface area (Å²) in [6.45, 7) is 0.328. The van der Waals surface area contributed by atoms with E-state index in [4.69, 9.17) is 0 Å². The van der Waals surface area contributed by atoms with Crippen LogP contribution in [-0.2, 0) is 21.2 Å². The number of aromatic nitrogens is 5. The lowest BCUT2D eigenvalue weighted by Crippen LogP contribution is -2.41. The van der Waals surface area contributed by atoms with Crippen LogP contribution in [0.25, 0.3) is 11.5 Å². The second-order valence-electron chi connectivity index (χ2n) is 5.95. The molecule has 0 saturated carbocycles. The number of amides is 1. The Morgan fingerprint density at radius 2 is 2.28 bits per heavy atom. The topological polar surface area (TPSA) is 134 Å². The Balaban J connectivity index is 1.49. The van der Waals surface area contributed by atoms with Gasteiger partial charge in [0.1, 0.15) is 11.5 Å². The molecule has 1 unspecified atom stereocenters. The van der Waals surface area contributed by atoms with Crippen LogP contribution in [0.4, 0.5) is 0 Å². The van der Waals surface area contributed by atoms with Crippen LogP contribution in [0, 0.1) is 0 Å². The summed E-state index contributed by atoms with van der Waals surface area (Å²) in [6, 6.07) is -0.107. The zero-order chi connectivity index (χ0) is 17.9. The second kappa shape index (κ2) is 7.23. The molecule has 1 atom stereocenters. The Bertz CT molecular complexity index is 837. The molecule has 1 fully saturated rings. The highest BCUT2D eigenvalue weighted by atomic mass is 32.2. The van der Waals surface area contributed by atoms with E-state index in [1.165, 1.54) is 0 Å². The van der Waals surface area contributed by atoms with E-state index in [2.05, 4.69) is 30.5 Å². The standard InChI is InChI=1S/C14H19N7O3S/c1-21(10-2-5-25(23,24)9-10)8-13(22)17-7-12-18-14(20-19-12)11-6-15-3-4-16-11/h3-4,6,10H,2,5,7-9H2,1H3,(H,17,22)(H,18,19,20). The van der Waals surface area contributed by atoms with Crippen molar-refractivity contribution in [2.75, 3.05) is 25.1 Å². The first kappa shape index (κ1) is 17.4. The highest BCUT2D eigenvalue weighted by Gasteiger charge is 2.31. The maximum atomic E-state index is 12.0. The number of sulfone groups is 1. The van der Waals surface area contributed by atoms with Crippen molar-refractivity contribution >= 4 is 15.7 Å². The zero-order valence-corrected chi connectivity index (χ0v) is 14.5. The summed E-state index contributed by atoms with van der Waals surface area (Å²) < 4.78 is 23.0. The first-order chi connectivity index (χ1) is 11.9. The van der Waals surface area contributed by atoms with E-state index < -0.39 is 9.84 Å². The van der Waals surface area contributed by atoms with E-state index in [0.29, 0.717) is 23.8 Å². The Morgan fingerprint density at radius 3 is 2.96 bits per heavy atom. The van der Waals surface area contributed by atoms with E-state index in [0.717, 1.165) is 0 Å². The summed E-state index contributed by atoms with van der Waals surface area (Å²) in [5.41, 5.74) is 0.540. The van der Waals surface area contributed by atoms with Gasteiger partial charge in [0.2, 0.25) is 11.7 Å². The van der Waals surface area contributed by atoms with E-state index in [9.17, 15) is 13.2 Å². The third-order valence-electron chi connectivity index (χ3n) is 4.00. The molecule has 11 heteroatoms. The zero-order valence-electron chi connectivity index (χ0n) is 13.7. The minimum absolute atomic E-state index is 0.107. The molecule has 0 aromatic carbocycles. The Kier molecular flexibility index (Phi) is 5.04. The number of aromatic amines is 1. The number of rotatable bonds is 6. The molecule has 2 N–H and O–H groups in total. The number of nitrogens with zero attached hydrogens (tertiary/aromatic N) is 5. The average molecular weight is 365 g/mol. The van der Waals surface area contributed by atoms with E-state index in [-0.39, 0.29) is 36.5 Å². The first-order valence-electron chi connectivity index (χ1n) is 7.78. The summed E-state index contributed by atoms with van der Waals surface area (Å²) >= 11 is 0. The largest absolute Gasteiger partial charge is 0.348 e. The number of hydrogen-bond acceptors (Lipinski definition) is 8. The van der Waals surface area contributed by atoms with Crippen LogP contribution in [-0.4, -0.2) is 75.5 Å². The number of H-pyrrole nitrogens is 1. The number of hydrogen-bond donors (Lipinski definition) is 2. The van der Waals surface area contributed by atoms with Crippen molar-refractivity contribution in [3.8, 4) is 11.5 Å². The van der Waals surface area contributed by atoms with Gasteiger partial charge in [-0.25, -0.2) is 18.4 Å². The third-order valence-corrected chi connectivity index (χ3v) is 5.75. The second-order valence-corrected chi connectivity index (χ2v) is 8.17. The molecule has 1 aliphatic rings. The minimum Gasteiger partial charge on any atom is -0.348 e. The van der Waals surface area contributed by atoms with Gasteiger partial charge in [-0.05, 0) is 13.5 Å². The molecule has 0 bridgehead atoms. The van der Waals surface area contributed by atoms with Gasteiger partial charge >= 0.3 is 0 Å². The molecule has 3 heterocycles. The lowest BCUT2D eigenvalue weighted by molar-refractivity contribution is -0.122. The van der Waals surface area contributed by atoms with Gasteiger partial charge in [-0.1, -0.05) is 0 Å². The van der Waals surface area contributed by atoms with Crippen molar-refractivity contribution < 1.29 is 13.2 Å². The van der Waals surface area contributed by atoms with Crippen molar-refractivity contribution in [2.45, 2.75) is 19.0 Å². The highest BCUT2D eigenvalue weighted by Crippen LogP contribution is 2.16. The predicted molar refractivity (Wildman–Crippen MR) is 88.9 cm³/mol. The maximum absolute atomic E-state index is 12.0. The lowest BCUT2D eigenvalue weighted by atomic mass is 10.2. The molecule has 134 valence electrons. The fourth-order valence-electron chi connectivity index (χ4n) is 2.62. The molecule has 25 heavy (non-hydrogen) atoms. The normalized spacial score (nSPS) is 19.2. The SMILES string of the molecule is CN(CC(=O)NCc1nc(-c2cnccn2)n[nH]1)C1CCS(=O)(=O)C1. The predicted octanol–water partition coefficient (Wildman–Crippen LogP) is -1.00. The van der Waals surface area contributed by atoms with E-state index in [1.54, 1.807) is 30.5 Å². The van der Waals surface area contributed by atoms with Crippen LogP contribution in [0.2, 0.25) is 0 Å². The lowest BCUT2D eigenvalue weighted by Gasteiger charge is -2.22. The molecule has 10 nitrogen and oxygen atoms in total. The number of carbonyl (C=O) groups is 1. The molecule has 1 saturated heterocycles. The summed E-state index contributed by atoms with van der Waals surface area (Å²) in [4.78, 5) is 26.1. The van der Waals surface area contributed by atoms with Crippen molar-refractivity contribution in [1.29, 1.82) is 0 Å². The summed E-state index contributed by atoms with van der Waals surface area (Å²) in [5, 5.41) is 9.52. The monoisotopic (exact) mass is 365 g/mol. The third kappa shape index (κ3) is 4.57. The first-order valence-corrected chi connectivity index (χ1v) is 9.60. The molecule has 1 aliphatic heterocycles. The number of nitrogens with one attached hydrogen (secondary N) is 2. The van der Waals surface area contributed by atoms with Crippen LogP contribution in [0.15, 0.2) is 18.6 Å². The van der Waals surface area contributed by atoms with Crippen LogP contribution in [0.1, 0.15) is 12.2 Å². The van der Waals surface area contributed by atoms with E-state index in [1.807, 2.05) is 0 Å². The molecule has 0 radical (unpaired) electrons. The maximum Gasteiger partial charge on any atom is 0.234 e. The highest BCUT2D eigenvalue weighted by molar-refractivity contribution is 7.91. The van der Waals surface area contributed by atoms with Gasteiger partial charge in [-0.15, -0.1) is 0 Å². The van der Waals surface area contributed by atoms with Crippen molar-refractivity contribution in [3.63, 3.8) is 0 Å². The molecule has 2 aromatic rings. The fourth-order valence-corrected chi connectivity index (χ4v) is 4.43. The van der Waals surface area contributed by atoms with Crippen molar-refractivity contribution in [3.05, 3.63) is 24.4 Å². The Labute approximate surface area is 145 Å². The van der Waals surface area contributed by atoms with Crippen molar-refractivity contribution in [1.82, 2.24) is 35.4 Å².